The van der Waals surface area contributed by atoms with Crippen LogP contribution in [-0.4, -0.2) is 10.2 Å². The van der Waals surface area contributed by atoms with Crippen molar-refractivity contribution in [3.8, 4) is 0 Å². The average Bonchev–Trinajstić information content (AvgIpc) is 2.37. The van der Waals surface area contributed by atoms with Gasteiger partial charge < -0.3 is 0 Å². The predicted octanol–water partition coefficient (Wildman–Crippen LogP) is 0.806. The summed E-state index contributed by atoms with van der Waals surface area (Å²) in [7, 11) is 0. The van der Waals surface area contributed by atoms with E-state index in [2.05, 4.69) is 10.2 Å². The summed E-state index contributed by atoms with van der Waals surface area (Å²) in [4.78, 5) is 0. The number of alkyl halides is 1. The number of hydrogen-bond acceptors (Lipinski definition) is 2. The number of nitrogens with one attached hydrogen (secondary N) is 1. The highest BCUT2D eigenvalue weighted by molar-refractivity contribution is 7.65. The van der Waals surface area contributed by atoms with E-state index >= 15 is 0 Å². The highest BCUT2D eigenvalue weighted by Crippen LogP contribution is 2.11. The van der Waals surface area contributed by atoms with E-state index < -0.39 is 5.50 Å². The summed E-state index contributed by atoms with van der Waals surface area (Å²) in [6, 6.07) is 1.43. The Morgan fingerprint density at radius 3 is 3.11 bits per heavy atom. The van der Waals surface area contributed by atoms with E-state index in [1.165, 1.54) is 12.3 Å². The normalized spacial score (nSPS) is 13.0. The maximum Gasteiger partial charge on any atom is 0.505 e. The van der Waals surface area contributed by atoms with Crippen LogP contribution in [0, 0.1) is 0 Å². The number of rotatable bonds is 2. The molecule has 0 aliphatic carbocycles. The Hall–Kier alpha value is -0.840. The van der Waals surface area contributed by atoms with Crippen molar-refractivity contribution in [2.24, 2.45) is 0 Å². The van der Waals surface area contributed by atoms with Crippen molar-refractivity contribution in [1.29, 1.82) is 0 Å². The van der Waals surface area contributed by atoms with Crippen LogP contribution in [0.3, 0.4) is 0 Å². The van der Waals surface area contributed by atoms with Gasteiger partial charge in [0.15, 0.2) is 0 Å². The highest BCUT2D eigenvalue weighted by Gasteiger charge is 2.23. The van der Waals surface area contributed by atoms with Crippen LogP contribution in [0.25, 0.3) is 0 Å². The molecule has 1 aromatic rings. The summed E-state index contributed by atoms with van der Waals surface area (Å²) in [5.41, 5.74) is -1.30. The molecule has 0 bridgehead atoms. The molecule has 0 saturated heterocycles. The average molecular weight is 147 g/mol. The second kappa shape index (κ2) is 2.63. The summed E-state index contributed by atoms with van der Waals surface area (Å²) in [5, 5.41) is 5.82. The number of aromatic amines is 1. The molecule has 3 nitrogen and oxygen atoms in total. The van der Waals surface area contributed by atoms with Crippen molar-refractivity contribution < 1.29 is 8.60 Å². The molecule has 0 radical (unpaired) electrons. The minimum Gasteiger partial charge on any atom is -0.274 e. The lowest BCUT2D eigenvalue weighted by Gasteiger charge is -1.78. The lowest BCUT2D eigenvalue weighted by atomic mass is 10.5. The van der Waals surface area contributed by atoms with Crippen LogP contribution in [0.4, 0.5) is 4.39 Å². The first-order valence-corrected chi connectivity index (χ1v) is 3.07. The Balaban J connectivity index is 2.76. The van der Waals surface area contributed by atoms with Crippen molar-refractivity contribution in [3.63, 3.8) is 0 Å². The van der Waals surface area contributed by atoms with Crippen LogP contribution in [0.1, 0.15) is 11.2 Å². The Kier molecular flexibility index (Phi) is 1.84. The smallest absolute Gasteiger partial charge is 0.274 e. The maximum atomic E-state index is 12.3. The van der Waals surface area contributed by atoms with E-state index in [1.54, 1.807) is 0 Å². The molecule has 48 valence electrons. The van der Waals surface area contributed by atoms with Gasteiger partial charge in [-0.2, -0.15) is 9.49 Å². The Labute approximate surface area is 54.8 Å². The predicted molar refractivity (Wildman–Crippen MR) is 30.5 cm³/mol. The molecular weight excluding hydrogens is 143 g/mol. The zero-order valence-electron chi connectivity index (χ0n) is 4.37. The topological polar surface area (TPSA) is 45.8 Å². The van der Waals surface area contributed by atoms with Crippen LogP contribution < -0.4 is 0 Å². The molecule has 0 aliphatic heterocycles. The van der Waals surface area contributed by atoms with Crippen LogP contribution in [0.5, 0.6) is 0 Å². The largest absolute Gasteiger partial charge is 0.505 e. The van der Waals surface area contributed by atoms with Gasteiger partial charge in [-0.15, -0.1) is 0 Å². The fourth-order valence-electron chi connectivity index (χ4n) is 0.445. The summed E-state index contributed by atoms with van der Waals surface area (Å²) in [6.07, 6.45) is 1.40. The van der Waals surface area contributed by atoms with E-state index in [1.807, 2.05) is 0 Å². The van der Waals surface area contributed by atoms with Gasteiger partial charge in [0, 0.05) is 10.4 Å². The molecule has 0 saturated carbocycles. The van der Waals surface area contributed by atoms with Crippen molar-refractivity contribution in [2.45, 2.75) is 5.50 Å². The van der Waals surface area contributed by atoms with Crippen LogP contribution >= 0.6 is 0 Å². The van der Waals surface area contributed by atoms with E-state index in [-0.39, 0.29) is 17.4 Å². The van der Waals surface area contributed by atoms with Crippen LogP contribution in [-0.2, 0) is 15.9 Å². The third kappa shape index (κ3) is 1.29. The Bertz CT molecular complexity index is 188. The molecule has 1 N–H and O–H groups in total. The molecule has 1 aromatic heterocycles. The minimum atomic E-state index is -1.52. The third-order valence-electron chi connectivity index (χ3n) is 0.851. The molecule has 1 rings (SSSR count). The second-order valence-electron chi connectivity index (χ2n) is 1.42. The van der Waals surface area contributed by atoms with E-state index in [0.717, 1.165) is 0 Å². The van der Waals surface area contributed by atoms with Crippen LogP contribution in [0.2, 0.25) is 0 Å². The molecule has 1 unspecified atom stereocenters. The minimum absolute atomic E-state index is 0.105. The summed E-state index contributed by atoms with van der Waals surface area (Å²) < 4.78 is 22.1. The zero-order valence-corrected chi connectivity index (χ0v) is 5.19. The number of aromatic nitrogens is 2. The first kappa shape index (κ1) is 6.28. The van der Waals surface area contributed by atoms with Gasteiger partial charge in [0.25, 0.3) is 0 Å². The second-order valence-corrected chi connectivity index (χ2v) is 2.03. The van der Waals surface area contributed by atoms with Gasteiger partial charge in [0.05, 0.1) is 0 Å². The van der Waals surface area contributed by atoms with Crippen LogP contribution in [0.15, 0.2) is 12.3 Å². The number of hydrogen-bond donors (Lipinski definition) is 1. The summed E-state index contributed by atoms with van der Waals surface area (Å²) >= 11 is -0.105. The van der Waals surface area contributed by atoms with Crippen molar-refractivity contribution in [3.05, 3.63) is 18.0 Å². The van der Waals surface area contributed by atoms with Gasteiger partial charge in [-0.05, 0) is 6.07 Å². The number of H-pyrrole nitrogens is 1. The van der Waals surface area contributed by atoms with Gasteiger partial charge in [0.2, 0.25) is 0 Å². The summed E-state index contributed by atoms with van der Waals surface area (Å²) in [6.45, 7) is 0. The van der Waals surface area contributed by atoms with Gasteiger partial charge >= 0.3 is 17.2 Å². The summed E-state index contributed by atoms with van der Waals surface area (Å²) in [5.74, 6) is 0. The Morgan fingerprint density at radius 1 is 1.89 bits per heavy atom. The zero-order chi connectivity index (χ0) is 6.69. The van der Waals surface area contributed by atoms with Crippen molar-refractivity contribution >= 4 is 11.7 Å². The molecule has 0 spiro atoms. The van der Waals surface area contributed by atoms with Crippen molar-refractivity contribution in [2.75, 3.05) is 0 Å². The van der Waals surface area contributed by atoms with Gasteiger partial charge in [0.1, 0.15) is 5.69 Å². The van der Waals surface area contributed by atoms with Gasteiger partial charge in [-0.1, -0.05) is 0 Å². The lowest BCUT2D eigenvalue weighted by Crippen LogP contribution is -1.87. The molecule has 0 fully saturated rings. The number of halogens is 1. The highest BCUT2D eigenvalue weighted by atomic mass is 32.1. The van der Waals surface area contributed by atoms with E-state index in [0.29, 0.717) is 0 Å². The fourth-order valence-corrected chi connectivity index (χ4v) is 0.680. The van der Waals surface area contributed by atoms with E-state index in [4.69, 9.17) is 0 Å². The van der Waals surface area contributed by atoms with Crippen molar-refractivity contribution in [1.82, 2.24) is 10.2 Å². The first-order chi connectivity index (χ1) is 4.34. The molecule has 0 aliphatic rings. The fraction of sp³-hybridized carbons (Fsp3) is 0.250. The molecule has 0 aromatic carbocycles. The molecule has 5 heteroatoms. The van der Waals surface area contributed by atoms with Gasteiger partial charge in [-0.3, -0.25) is 5.10 Å². The maximum absolute atomic E-state index is 12.3. The standard InChI is InChI=1S/C4H4FN2OS/c5-4(9-8)3-1-2-6-7-3/h1-2,4H,(H,6,7)/q+1. The molecule has 1 heterocycles. The van der Waals surface area contributed by atoms with E-state index in [9.17, 15) is 8.60 Å². The van der Waals surface area contributed by atoms with Gasteiger partial charge in [-0.25, -0.2) is 0 Å². The molecule has 1 atom stereocenters. The number of nitrogens with zero attached hydrogens (tertiary/aromatic N) is 1. The monoisotopic (exact) mass is 147 g/mol. The quantitative estimate of drug-likeness (QED) is 0.629. The lowest BCUT2D eigenvalue weighted by molar-refractivity contribution is 0.445. The molecule has 0 amide bonds. The Morgan fingerprint density at radius 2 is 2.67 bits per heavy atom. The molecule has 9 heavy (non-hydrogen) atoms. The SMILES string of the molecule is O=[S+]C(F)c1ccn[nH]1. The molecular formula is C4H4FN2OS+. The first-order valence-electron chi connectivity index (χ1n) is 2.26. The third-order valence-corrected chi connectivity index (χ3v) is 1.27.